The number of carbonyl (C=O) groups excluding carboxylic acids is 1. The molecule has 0 bridgehead atoms. The molecule has 13 heteroatoms. The highest BCUT2D eigenvalue weighted by Gasteiger charge is 2.59. The largest absolute Gasteiger partial charge is 0.493 e. The Morgan fingerprint density at radius 2 is 1.85 bits per heavy atom. The lowest BCUT2D eigenvalue weighted by atomic mass is 10.1. The van der Waals surface area contributed by atoms with Gasteiger partial charge in [-0.05, 0) is 18.2 Å². The summed E-state index contributed by atoms with van der Waals surface area (Å²) in [5, 5.41) is 9.29. The topological polar surface area (TPSA) is 103 Å². The highest BCUT2D eigenvalue weighted by Crippen LogP contribution is 2.40. The average Bonchev–Trinajstić information content (AvgIpc) is 3.03. The Labute approximate surface area is 141 Å². The fourth-order valence-corrected chi connectivity index (χ4v) is 1.89. The van der Waals surface area contributed by atoms with Crippen LogP contribution in [-0.2, 0) is 0 Å². The van der Waals surface area contributed by atoms with Gasteiger partial charge in [-0.15, -0.1) is 0 Å². The van der Waals surface area contributed by atoms with Gasteiger partial charge in [-0.2, -0.15) is 37.4 Å². The first-order valence-corrected chi connectivity index (χ1v) is 6.64. The molecule has 1 amide bonds. The van der Waals surface area contributed by atoms with Gasteiger partial charge in [-0.25, -0.2) is 4.39 Å². The van der Waals surface area contributed by atoms with Crippen LogP contribution in [0.4, 0.5) is 26.3 Å². The normalized spacial score (nSPS) is 13.3. The Morgan fingerprint density at radius 3 is 2.38 bits per heavy atom. The molecule has 1 unspecified atom stereocenters. The van der Waals surface area contributed by atoms with E-state index in [9.17, 15) is 31.1 Å². The van der Waals surface area contributed by atoms with Crippen LogP contribution in [0.2, 0.25) is 0 Å². The smallest absolute Gasteiger partial charge is 0.439 e. The minimum absolute atomic E-state index is 0.0623. The Hall–Kier alpha value is -2.99. The molecule has 1 atom stereocenters. The van der Waals surface area contributed by atoms with E-state index < -0.39 is 35.9 Å². The molecule has 1 aromatic carbocycles. The summed E-state index contributed by atoms with van der Waals surface area (Å²) in [4.78, 5) is 11.2. The standard InChI is InChI=1S/C13H10F6N4O3/c1-25-7-4-5(8-9(10(20)24)22-23-21-8)2-3-6(7)26-13(18,19)11(14)12(15,16)17/h2-4,11H,1H3,(H2,20,24)(H,21,22,23). The number of nitrogens with zero attached hydrogens (tertiary/aromatic N) is 2. The van der Waals surface area contributed by atoms with E-state index in [1.165, 1.54) is 0 Å². The third-order valence-electron chi connectivity index (χ3n) is 3.05. The number of amides is 1. The number of ether oxygens (including phenoxy) is 2. The summed E-state index contributed by atoms with van der Waals surface area (Å²) < 4.78 is 84.9. The first-order chi connectivity index (χ1) is 12.0. The van der Waals surface area contributed by atoms with E-state index in [4.69, 9.17) is 10.5 Å². The predicted molar refractivity (Wildman–Crippen MR) is 73.4 cm³/mol. The van der Waals surface area contributed by atoms with Crippen molar-refractivity contribution in [2.24, 2.45) is 5.73 Å². The second kappa shape index (κ2) is 6.72. The predicted octanol–water partition coefficient (Wildman–Crippen LogP) is 2.45. The van der Waals surface area contributed by atoms with E-state index >= 15 is 0 Å². The fourth-order valence-electron chi connectivity index (χ4n) is 1.89. The van der Waals surface area contributed by atoms with E-state index in [-0.39, 0.29) is 17.0 Å². The van der Waals surface area contributed by atoms with Gasteiger partial charge in [0.1, 0.15) is 5.69 Å². The van der Waals surface area contributed by atoms with Gasteiger partial charge in [0.2, 0.25) is 0 Å². The van der Waals surface area contributed by atoms with Gasteiger partial charge < -0.3 is 15.2 Å². The maximum absolute atomic E-state index is 13.4. The number of primary amides is 1. The number of methoxy groups -OCH3 is 1. The Morgan fingerprint density at radius 1 is 1.19 bits per heavy atom. The van der Waals surface area contributed by atoms with Crippen LogP contribution < -0.4 is 15.2 Å². The van der Waals surface area contributed by atoms with Crippen LogP contribution in [0.1, 0.15) is 10.5 Å². The van der Waals surface area contributed by atoms with Crippen molar-refractivity contribution in [3.63, 3.8) is 0 Å². The maximum Gasteiger partial charge on any atom is 0.439 e. The summed E-state index contributed by atoms with van der Waals surface area (Å²) >= 11 is 0. The molecule has 0 fully saturated rings. The summed E-state index contributed by atoms with van der Waals surface area (Å²) in [6.45, 7) is 0. The molecular weight excluding hydrogens is 374 g/mol. The first-order valence-electron chi connectivity index (χ1n) is 6.64. The van der Waals surface area contributed by atoms with Gasteiger partial charge in [0, 0.05) is 5.56 Å². The number of H-pyrrole nitrogens is 1. The summed E-state index contributed by atoms with van der Waals surface area (Å²) in [5.41, 5.74) is 4.86. The highest BCUT2D eigenvalue weighted by atomic mass is 19.4. The number of hydrogen-bond donors (Lipinski definition) is 2. The molecule has 0 aliphatic heterocycles. The number of nitrogens with two attached hydrogens (primary N) is 1. The van der Waals surface area contributed by atoms with Crippen molar-refractivity contribution in [1.29, 1.82) is 0 Å². The molecule has 0 radical (unpaired) electrons. The summed E-state index contributed by atoms with van der Waals surface area (Å²) in [7, 11) is 1.01. The van der Waals surface area contributed by atoms with Crippen molar-refractivity contribution in [1.82, 2.24) is 15.4 Å². The van der Waals surface area contributed by atoms with Crippen molar-refractivity contribution in [3.8, 4) is 22.8 Å². The Balaban J connectivity index is 2.38. The van der Waals surface area contributed by atoms with Crippen LogP contribution in [0.15, 0.2) is 18.2 Å². The molecule has 0 saturated carbocycles. The fraction of sp³-hybridized carbons (Fsp3) is 0.308. The van der Waals surface area contributed by atoms with Crippen LogP contribution in [0.5, 0.6) is 11.5 Å². The molecule has 0 spiro atoms. The molecule has 3 N–H and O–H groups in total. The van der Waals surface area contributed by atoms with Gasteiger partial charge in [0.15, 0.2) is 17.2 Å². The molecular formula is C13H10F6N4O3. The molecule has 0 aliphatic carbocycles. The lowest BCUT2D eigenvalue weighted by molar-refractivity contribution is -0.305. The van der Waals surface area contributed by atoms with Gasteiger partial charge in [0.05, 0.1) is 7.11 Å². The number of benzene rings is 1. The molecule has 26 heavy (non-hydrogen) atoms. The number of carbonyl (C=O) groups is 1. The van der Waals surface area contributed by atoms with Gasteiger partial charge in [-0.1, -0.05) is 0 Å². The highest BCUT2D eigenvalue weighted by molar-refractivity contribution is 5.96. The molecule has 7 nitrogen and oxygen atoms in total. The molecule has 142 valence electrons. The number of halogens is 6. The number of aromatic nitrogens is 3. The number of nitrogens with one attached hydrogen (secondary N) is 1. The van der Waals surface area contributed by atoms with Crippen molar-refractivity contribution >= 4 is 5.91 Å². The zero-order valence-electron chi connectivity index (χ0n) is 12.8. The van der Waals surface area contributed by atoms with Gasteiger partial charge in [0.25, 0.3) is 12.1 Å². The molecule has 0 saturated heterocycles. The number of aromatic amines is 1. The van der Waals surface area contributed by atoms with Gasteiger partial charge >= 0.3 is 12.3 Å². The Bertz CT molecular complexity index is 807. The molecule has 2 aromatic rings. The minimum Gasteiger partial charge on any atom is -0.493 e. The first kappa shape index (κ1) is 19.3. The summed E-state index contributed by atoms with van der Waals surface area (Å²) in [6.07, 6.45) is -15.6. The number of hydrogen-bond acceptors (Lipinski definition) is 5. The summed E-state index contributed by atoms with van der Waals surface area (Å²) in [6, 6.07) is 2.89. The number of rotatable bonds is 6. The molecule has 1 heterocycles. The maximum atomic E-state index is 13.4. The second-order valence-electron chi connectivity index (χ2n) is 4.82. The van der Waals surface area contributed by atoms with E-state index in [0.717, 1.165) is 25.3 Å². The third kappa shape index (κ3) is 3.81. The van der Waals surface area contributed by atoms with Crippen LogP contribution in [-0.4, -0.2) is 46.9 Å². The van der Waals surface area contributed by atoms with Gasteiger partial charge in [-0.3, -0.25) is 4.79 Å². The monoisotopic (exact) mass is 384 g/mol. The molecule has 2 rings (SSSR count). The van der Waals surface area contributed by atoms with Crippen LogP contribution >= 0.6 is 0 Å². The minimum atomic E-state index is -5.83. The zero-order chi connectivity index (χ0) is 19.7. The van der Waals surface area contributed by atoms with Crippen LogP contribution in [0, 0.1) is 0 Å². The quantitative estimate of drug-likeness (QED) is 0.745. The molecule has 0 aliphatic rings. The lowest BCUT2D eigenvalue weighted by Crippen LogP contribution is -2.45. The Kier molecular flexibility index (Phi) is 5.00. The number of alkyl halides is 6. The van der Waals surface area contributed by atoms with Crippen molar-refractivity contribution in [3.05, 3.63) is 23.9 Å². The third-order valence-corrected chi connectivity index (χ3v) is 3.05. The second-order valence-corrected chi connectivity index (χ2v) is 4.82. The molecule has 1 aromatic heterocycles. The van der Waals surface area contributed by atoms with E-state index in [2.05, 4.69) is 20.1 Å². The van der Waals surface area contributed by atoms with Crippen LogP contribution in [0.25, 0.3) is 11.3 Å². The SMILES string of the molecule is COc1cc(-c2n[nH]nc2C(N)=O)ccc1OC(F)(F)C(F)C(F)(F)F. The van der Waals surface area contributed by atoms with Crippen molar-refractivity contribution in [2.45, 2.75) is 18.5 Å². The van der Waals surface area contributed by atoms with E-state index in [1.54, 1.807) is 0 Å². The van der Waals surface area contributed by atoms with E-state index in [1.807, 2.05) is 0 Å². The summed E-state index contributed by atoms with van der Waals surface area (Å²) in [5.74, 6) is -2.27. The van der Waals surface area contributed by atoms with Crippen molar-refractivity contribution in [2.75, 3.05) is 7.11 Å². The van der Waals surface area contributed by atoms with E-state index in [0.29, 0.717) is 0 Å². The van der Waals surface area contributed by atoms with Crippen molar-refractivity contribution < 1.29 is 40.6 Å². The average molecular weight is 384 g/mol. The van der Waals surface area contributed by atoms with Crippen LogP contribution in [0.3, 0.4) is 0 Å². The zero-order valence-corrected chi connectivity index (χ0v) is 12.8. The lowest BCUT2D eigenvalue weighted by Gasteiger charge is -2.24.